The molecule has 0 spiro atoms. The number of hydrazine groups is 1. The molecule has 1 saturated heterocycles. The minimum atomic E-state index is -1.24. The van der Waals surface area contributed by atoms with Crippen molar-refractivity contribution in [2.24, 2.45) is 11.6 Å². The fourth-order valence-corrected chi connectivity index (χ4v) is 2.51. The summed E-state index contributed by atoms with van der Waals surface area (Å²) in [4.78, 5) is 9.60. The smallest absolute Gasteiger partial charge is 0.119 e. The number of hydrogen-bond acceptors (Lipinski definition) is 9. The molecule has 9 heteroatoms. The van der Waals surface area contributed by atoms with E-state index in [0.717, 1.165) is 24.7 Å². The van der Waals surface area contributed by atoms with Gasteiger partial charge in [-0.1, -0.05) is 44.2 Å². The van der Waals surface area contributed by atoms with E-state index in [1.807, 2.05) is 44.2 Å². The first-order valence-corrected chi connectivity index (χ1v) is 10.1. The van der Waals surface area contributed by atoms with Crippen molar-refractivity contribution < 1.29 is 30.0 Å². The Morgan fingerprint density at radius 3 is 2.37 bits per heavy atom. The van der Waals surface area contributed by atoms with E-state index in [0.29, 0.717) is 12.1 Å². The highest BCUT2D eigenvalue weighted by molar-refractivity contribution is 5.61. The van der Waals surface area contributed by atoms with Crippen LogP contribution in [0.4, 0.5) is 0 Å². The molecule has 30 heavy (non-hydrogen) atoms. The molecule has 1 heterocycles. The van der Waals surface area contributed by atoms with Crippen molar-refractivity contribution in [2.45, 2.75) is 57.5 Å². The molecule has 9 nitrogen and oxygen atoms in total. The third kappa shape index (κ3) is 10.7. The number of hydrogen-bond donors (Lipinski definition) is 6. The fourth-order valence-electron chi connectivity index (χ4n) is 2.51. The number of benzene rings is 1. The van der Waals surface area contributed by atoms with Gasteiger partial charge in [-0.15, -0.1) is 0 Å². The van der Waals surface area contributed by atoms with Crippen LogP contribution in [0.3, 0.4) is 0 Å². The molecule has 0 radical (unpaired) electrons. The van der Waals surface area contributed by atoms with Gasteiger partial charge < -0.3 is 40.7 Å². The average molecular weight is 428 g/mol. The van der Waals surface area contributed by atoms with E-state index in [1.54, 1.807) is 0 Å². The van der Waals surface area contributed by atoms with E-state index in [2.05, 4.69) is 0 Å². The zero-order valence-corrected chi connectivity index (χ0v) is 17.8. The number of carbonyl (C=O) groups is 1. The molecule has 0 bridgehead atoms. The van der Waals surface area contributed by atoms with Gasteiger partial charge >= 0.3 is 0 Å². The summed E-state index contributed by atoms with van der Waals surface area (Å²) in [6.45, 7) is 4.29. The van der Waals surface area contributed by atoms with Gasteiger partial charge in [0, 0.05) is 19.2 Å². The lowest BCUT2D eigenvalue weighted by atomic mass is 10.00. The van der Waals surface area contributed by atoms with Crippen LogP contribution < -0.4 is 11.6 Å². The van der Waals surface area contributed by atoms with Crippen LogP contribution in [-0.4, -0.2) is 75.9 Å². The molecule has 0 amide bonds. The first-order chi connectivity index (χ1) is 14.4. The van der Waals surface area contributed by atoms with Gasteiger partial charge in [0.05, 0.1) is 18.8 Å². The number of carbonyl (C=O) groups excluding carboxylic acids is 1. The minimum absolute atomic E-state index is 0.0470. The Balaban J connectivity index is 0.000000795. The molecule has 0 aromatic heterocycles. The molecule has 1 fully saturated rings. The summed E-state index contributed by atoms with van der Waals surface area (Å²) in [7, 11) is 0. The molecule has 0 aliphatic carbocycles. The largest absolute Gasteiger partial charge is 0.397 e. The molecule has 1 aliphatic heterocycles. The Morgan fingerprint density at radius 2 is 1.80 bits per heavy atom. The first-order valence-electron chi connectivity index (χ1n) is 10.1. The van der Waals surface area contributed by atoms with Crippen LogP contribution in [0.15, 0.2) is 36.5 Å². The SMILES string of the molecule is CC.N/C(=C\N(N)CC1OCC(O)C(O)C1O)c1ccccc1.O=CCCCCO. The predicted molar refractivity (Wildman–Crippen MR) is 116 cm³/mol. The molecular formula is C21H37N3O6. The quantitative estimate of drug-likeness (QED) is 0.145. The van der Waals surface area contributed by atoms with Crippen molar-refractivity contribution in [3.63, 3.8) is 0 Å². The maximum Gasteiger partial charge on any atom is 0.119 e. The predicted octanol–water partition coefficient (Wildman–Crippen LogP) is -0.0250. The van der Waals surface area contributed by atoms with Crippen LogP contribution in [0.25, 0.3) is 5.70 Å². The molecule has 0 saturated carbocycles. The average Bonchev–Trinajstić information content (AvgIpc) is 2.77. The first kappa shape index (κ1) is 28.0. The third-order valence-corrected chi connectivity index (χ3v) is 4.14. The molecule has 172 valence electrons. The van der Waals surface area contributed by atoms with Gasteiger partial charge in [-0.2, -0.15) is 0 Å². The van der Waals surface area contributed by atoms with Crippen LogP contribution in [0, 0.1) is 0 Å². The number of rotatable bonds is 8. The Morgan fingerprint density at radius 1 is 1.17 bits per heavy atom. The Kier molecular flexibility index (Phi) is 15.6. The maximum atomic E-state index is 9.84. The number of ether oxygens (including phenoxy) is 1. The summed E-state index contributed by atoms with van der Waals surface area (Å²) in [6.07, 6.45) is 0.317. The van der Waals surface area contributed by atoms with Crippen LogP contribution in [0.5, 0.6) is 0 Å². The minimum Gasteiger partial charge on any atom is -0.397 e. The van der Waals surface area contributed by atoms with E-state index < -0.39 is 24.4 Å². The van der Waals surface area contributed by atoms with Gasteiger partial charge in [0.2, 0.25) is 0 Å². The van der Waals surface area contributed by atoms with Crippen LogP contribution in [0.1, 0.15) is 38.7 Å². The van der Waals surface area contributed by atoms with E-state index in [-0.39, 0.29) is 19.8 Å². The van der Waals surface area contributed by atoms with Crippen molar-refractivity contribution in [3.8, 4) is 0 Å². The third-order valence-electron chi connectivity index (χ3n) is 4.14. The van der Waals surface area contributed by atoms with Crippen LogP contribution >= 0.6 is 0 Å². The molecule has 8 N–H and O–H groups in total. The molecular weight excluding hydrogens is 390 g/mol. The van der Waals surface area contributed by atoms with Crippen molar-refractivity contribution in [2.75, 3.05) is 19.8 Å². The van der Waals surface area contributed by atoms with Gasteiger partial charge in [0.15, 0.2) is 0 Å². The zero-order chi connectivity index (χ0) is 22.9. The lowest BCUT2D eigenvalue weighted by Crippen LogP contribution is -2.56. The highest BCUT2D eigenvalue weighted by atomic mass is 16.5. The molecule has 1 aliphatic rings. The Bertz CT molecular complexity index is 587. The second-order valence-electron chi connectivity index (χ2n) is 6.45. The normalized spacial score (nSPS) is 23.4. The molecule has 2 rings (SSSR count). The lowest BCUT2D eigenvalue weighted by Gasteiger charge is -2.36. The maximum absolute atomic E-state index is 9.84. The standard InChI is InChI=1S/C14H21N3O4.C5H10O2.C2H6/c15-10(9-4-2-1-3-5-9)6-17(16)7-12-14(20)13(19)11(18)8-21-12;6-4-2-1-3-5-7;1-2/h1-6,11-14,18-20H,7-8,15-16H2;4,7H,1-3,5H2;1-2H3/b10-6-;;. The number of nitrogens with two attached hydrogens (primary N) is 2. The van der Waals surface area contributed by atoms with Crippen molar-refractivity contribution in [1.82, 2.24) is 5.01 Å². The lowest BCUT2D eigenvalue weighted by molar-refractivity contribution is -0.189. The van der Waals surface area contributed by atoms with Gasteiger partial charge in [0.25, 0.3) is 0 Å². The highest BCUT2D eigenvalue weighted by Gasteiger charge is 2.37. The monoisotopic (exact) mass is 427 g/mol. The summed E-state index contributed by atoms with van der Waals surface area (Å²) in [5.41, 5.74) is 7.24. The number of nitrogens with zero attached hydrogens (tertiary/aromatic N) is 1. The summed E-state index contributed by atoms with van der Waals surface area (Å²) in [5, 5.41) is 38.3. The topological polar surface area (TPSA) is 162 Å². The van der Waals surface area contributed by atoms with E-state index in [4.69, 9.17) is 21.4 Å². The van der Waals surface area contributed by atoms with Crippen LogP contribution in [-0.2, 0) is 9.53 Å². The Hall–Kier alpha value is -2.01. The molecule has 1 aromatic carbocycles. The van der Waals surface area contributed by atoms with Gasteiger partial charge in [0.1, 0.15) is 30.7 Å². The summed E-state index contributed by atoms with van der Waals surface area (Å²) < 4.78 is 5.28. The van der Waals surface area contributed by atoms with Gasteiger partial charge in [-0.3, -0.25) is 0 Å². The van der Waals surface area contributed by atoms with Gasteiger partial charge in [-0.05, 0) is 18.4 Å². The number of unbranched alkanes of at least 4 members (excludes halogenated alkanes) is 2. The molecule has 1 aromatic rings. The summed E-state index contributed by atoms with van der Waals surface area (Å²) in [5.74, 6) is 5.83. The molecule has 4 atom stereocenters. The Labute approximate surface area is 178 Å². The molecule has 4 unspecified atom stereocenters. The van der Waals surface area contributed by atoms with Crippen molar-refractivity contribution >= 4 is 12.0 Å². The highest BCUT2D eigenvalue weighted by Crippen LogP contribution is 2.16. The zero-order valence-electron chi connectivity index (χ0n) is 17.8. The van der Waals surface area contributed by atoms with Crippen LogP contribution in [0.2, 0.25) is 0 Å². The number of aliphatic hydroxyl groups is 4. The second kappa shape index (κ2) is 16.8. The second-order valence-corrected chi connectivity index (χ2v) is 6.45. The van der Waals surface area contributed by atoms with Crippen molar-refractivity contribution in [3.05, 3.63) is 42.1 Å². The van der Waals surface area contributed by atoms with E-state index in [1.165, 1.54) is 11.2 Å². The fraction of sp³-hybridized carbons (Fsp3) is 0.571. The van der Waals surface area contributed by atoms with Gasteiger partial charge in [-0.25, -0.2) is 5.84 Å². The number of aldehydes is 1. The van der Waals surface area contributed by atoms with Crippen molar-refractivity contribution in [1.29, 1.82) is 0 Å². The van der Waals surface area contributed by atoms with E-state index in [9.17, 15) is 20.1 Å². The number of aliphatic hydroxyl groups excluding tert-OH is 4. The summed E-state index contributed by atoms with van der Waals surface area (Å²) >= 11 is 0. The van der Waals surface area contributed by atoms with E-state index >= 15 is 0 Å². The summed E-state index contributed by atoms with van der Waals surface area (Å²) in [6, 6.07) is 9.32.